The number of halogens is 1. The van der Waals surface area contributed by atoms with Gasteiger partial charge in [0, 0.05) is 27.6 Å². The molecule has 3 N–H and O–H groups in total. The van der Waals surface area contributed by atoms with Crippen molar-refractivity contribution in [3.05, 3.63) is 33.9 Å². The van der Waals surface area contributed by atoms with Crippen LogP contribution in [0.3, 0.4) is 0 Å². The molecular weight excluding hydrogens is 244 g/mol. The zero-order valence-electron chi connectivity index (χ0n) is 7.76. The Morgan fingerprint density at radius 2 is 2.29 bits per heavy atom. The highest BCUT2D eigenvalue weighted by molar-refractivity contribution is 9.10. The quantitative estimate of drug-likeness (QED) is 0.722. The number of aromatic amines is 1. The number of nitrogens with one attached hydrogen (secondary N) is 2. The Labute approximate surface area is 90.2 Å². The Morgan fingerprint density at radius 3 is 3.00 bits per heavy atom. The van der Waals surface area contributed by atoms with Crippen LogP contribution >= 0.6 is 15.9 Å². The van der Waals surface area contributed by atoms with Crippen LogP contribution in [-0.2, 0) is 6.54 Å². The summed E-state index contributed by atoms with van der Waals surface area (Å²) in [5.41, 5.74) is 5.46. The second kappa shape index (κ2) is 3.73. The monoisotopic (exact) mass is 254 g/mol. The van der Waals surface area contributed by atoms with Gasteiger partial charge in [0.15, 0.2) is 0 Å². The molecule has 0 fully saturated rings. The van der Waals surface area contributed by atoms with Gasteiger partial charge in [-0.15, -0.1) is 0 Å². The zero-order chi connectivity index (χ0) is 10.1. The van der Waals surface area contributed by atoms with Crippen LogP contribution in [0.15, 0.2) is 22.7 Å². The molecule has 0 aliphatic carbocycles. The number of aryl methyl sites for hydroxylation is 1. The fourth-order valence-corrected chi connectivity index (χ4v) is 2.03. The van der Waals surface area contributed by atoms with E-state index >= 15 is 0 Å². The average Bonchev–Trinajstić information content (AvgIpc) is 2.43. The Morgan fingerprint density at radius 1 is 1.50 bits per heavy atom. The van der Waals surface area contributed by atoms with E-state index in [0.717, 1.165) is 26.6 Å². The molecule has 0 bridgehead atoms. The van der Waals surface area contributed by atoms with Gasteiger partial charge in [0.2, 0.25) is 0 Å². The number of aromatic nitrogens is 1. The summed E-state index contributed by atoms with van der Waals surface area (Å²) in [6, 6.07) is 6.06. The van der Waals surface area contributed by atoms with E-state index in [9.17, 15) is 0 Å². The maximum atomic E-state index is 8.70. The minimum Gasteiger partial charge on any atom is -0.358 e. The van der Waals surface area contributed by atoms with E-state index in [1.54, 1.807) is 0 Å². The highest BCUT2D eigenvalue weighted by atomic mass is 79.9. The third kappa shape index (κ3) is 1.56. The summed E-state index contributed by atoms with van der Waals surface area (Å²) in [7, 11) is 0. The average molecular weight is 255 g/mol. The molecular formula is C10H11BrN2O. The lowest BCUT2D eigenvalue weighted by Gasteiger charge is -1.98. The smallest absolute Gasteiger partial charge is 0.0481 e. The number of H-pyrrole nitrogens is 1. The Hall–Kier alpha value is -0.840. The fraction of sp³-hybridized carbons (Fsp3) is 0.200. The molecule has 1 aromatic carbocycles. The lowest BCUT2D eigenvalue weighted by Crippen LogP contribution is -2.06. The molecule has 0 unspecified atom stereocenters. The van der Waals surface area contributed by atoms with E-state index < -0.39 is 0 Å². The van der Waals surface area contributed by atoms with Crippen LogP contribution in [-0.4, -0.2) is 10.2 Å². The molecule has 2 rings (SSSR count). The second-order valence-corrected chi connectivity index (χ2v) is 4.17. The van der Waals surface area contributed by atoms with Crippen molar-refractivity contribution < 1.29 is 5.21 Å². The third-order valence-corrected chi connectivity index (χ3v) is 2.83. The van der Waals surface area contributed by atoms with E-state index in [1.165, 1.54) is 0 Å². The standard InChI is InChI=1S/C10H11BrN2O/c1-6-9(5-12-14)8-3-2-7(11)4-10(8)13-6/h2-4,12-14H,5H2,1H3. The van der Waals surface area contributed by atoms with Crippen LogP contribution in [0.1, 0.15) is 11.3 Å². The van der Waals surface area contributed by atoms with E-state index in [2.05, 4.69) is 26.4 Å². The summed E-state index contributed by atoms with van der Waals surface area (Å²) < 4.78 is 1.05. The lowest BCUT2D eigenvalue weighted by atomic mass is 10.1. The first kappa shape index (κ1) is 9.71. The summed E-state index contributed by atoms with van der Waals surface area (Å²) in [5.74, 6) is 0. The molecule has 0 spiro atoms. The van der Waals surface area contributed by atoms with E-state index in [4.69, 9.17) is 5.21 Å². The van der Waals surface area contributed by atoms with Gasteiger partial charge in [-0.2, -0.15) is 0 Å². The molecule has 0 radical (unpaired) electrons. The van der Waals surface area contributed by atoms with Crippen molar-refractivity contribution in [1.29, 1.82) is 0 Å². The minimum atomic E-state index is 0.466. The van der Waals surface area contributed by atoms with Gasteiger partial charge in [-0.1, -0.05) is 22.0 Å². The molecule has 2 aromatic rings. The molecule has 3 nitrogen and oxygen atoms in total. The Balaban J connectivity index is 2.64. The van der Waals surface area contributed by atoms with Gasteiger partial charge in [0.1, 0.15) is 0 Å². The second-order valence-electron chi connectivity index (χ2n) is 3.25. The predicted molar refractivity (Wildman–Crippen MR) is 59.4 cm³/mol. The molecule has 0 aliphatic rings. The summed E-state index contributed by atoms with van der Waals surface area (Å²) in [4.78, 5) is 3.27. The molecule has 14 heavy (non-hydrogen) atoms. The largest absolute Gasteiger partial charge is 0.358 e. The van der Waals surface area contributed by atoms with Gasteiger partial charge in [0.05, 0.1) is 0 Å². The number of rotatable bonds is 2. The molecule has 0 amide bonds. The van der Waals surface area contributed by atoms with Crippen LogP contribution in [0.4, 0.5) is 0 Å². The van der Waals surface area contributed by atoms with Crippen LogP contribution in [0, 0.1) is 6.92 Å². The van der Waals surface area contributed by atoms with Crippen molar-refractivity contribution in [2.24, 2.45) is 0 Å². The lowest BCUT2D eigenvalue weighted by molar-refractivity contribution is 0.161. The number of fused-ring (bicyclic) bond motifs is 1. The highest BCUT2D eigenvalue weighted by Gasteiger charge is 2.07. The van der Waals surface area contributed by atoms with Gasteiger partial charge >= 0.3 is 0 Å². The number of hydrogen-bond acceptors (Lipinski definition) is 2. The fourth-order valence-electron chi connectivity index (χ4n) is 1.67. The normalized spacial score (nSPS) is 11.1. The molecule has 74 valence electrons. The summed E-state index contributed by atoms with van der Waals surface area (Å²) in [6.45, 7) is 2.47. The van der Waals surface area contributed by atoms with E-state index in [-0.39, 0.29) is 0 Å². The topological polar surface area (TPSA) is 48.0 Å². The maximum absolute atomic E-state index is 8.70. The van der Waals surface area contributed by atoms with Gasteiger partial charge in [-0.25, -0.2) is 5.48 Å². The van der Waals surface area contributed by atoms with E-state index in [0.29, 0.717) is 6.54 Å². The van der Waals surface area contributed by atoms with Gasteiger partial charge in [-0.05, 0) is 24.6 Å². The zero-order valence-corrected chi connectivity index (χ0v) is 9.35. The van der Waals surface area contributed by atoms with Crippen molar-refractivity contribution in [3.63, 3.8) is 0 Å². The molecule has 4 heteroatoms. The number of hydroxylamine groups is 1. The summed E-state index contributed by atoms with van der Waals surface area (Å²) in [6.07, 6.45) is 0. The van der Waals surface area contributed by atoms with Crippen molar-refractivity contribution in [2.75, 3.05) is 0 Å². The first-order valence-corrected chi connectivity index (χ1v) is 5.15. The molecule has 1 aromatic heterocycles. The Bertz CT molecular complexity index is 464. The summed E-state index contributed by atoms with van der Waals surface area (Å²) >= 11 is 3.42. The molecule has 1 heterocycles. The number of hydrogen-bond donors (Lipinski definition) is 3. The predicted octanol–water partition coefficient (Wildman–Crippen LogP) is 2.72. The van der Waals surface area contributed by atoms with E-state index in [1.807, 2.05) is 25.1 Å². The van der Waals surface area contributed by atoms with Crippen molar-refractivity contribution in [2.45, 2.75) is 13.5 Å². The van der Waals surface area contributed by atoms with Crippen molar-refractivity contribution in [3.8, 4) is 0 Å². The Kier molecular flexibility index (Phi) is 2.58. The molecule has 0 atom stereocenters. The summed E-state index contributed by atoms with van der Waals surface area (Å²) in [5, 5.41) is 9.85. The maximum Gasteiger partial charge on any atom is 0.0481 e. The third-order valence-electron chi connectivity index (χ3n) is 2.34. The van der Waals surface area contributed by atoms with Crippen LogP contribution in [0.25, 0.3) is 10.9 Å². The number of benzene rings is 1. The minimum absolute atomic E-state index is 0.466. The van der Waals surface area contributed by atoms with Gasteiger partial charge in [0.25, 0.3) is 0 Å². The molecule has 0 saturated carbocycles. The first-order chi connectivity index (χ1) is 6.72. The molecule has 0 saturated heterocycles. The van der Waals surface area contributed by atoms with Crippen LogP contribution < -0.4 is 5.48 Å². The SMILES string of the molecule is Cc1[nH]c2cc(Br)ccc2c1CNO. The highest BCUT2D eigenvalue weighted by Crippen LogP contribution is 2.24. The molecule has 0 aliphatic heterocycles. The van der Waals surface area contributed by atoms with Crippen molar-refractivity contribution in [1.82, 2.24) is 10.5 Å². The van der Waals surface area contributed by atoms with Gasteiger partial charge < -0.3 is 10.2 Å². The van der Waals surface area contributed by atoms with Crippen LogP contribution in [0.2, 0.25) is 0 Å². The first-order valence-electron chi connectivity index (χ1n) is 4.36. The van der Waals surface area contributed by atoms with Crippen molar-refractivity contribution >= 4 is 26.8 Å². The van der Waals surface area contributed by atoms with Crippen LogP contribution in [0.5, 0.6) is 0 Å². The van der Waals surface area contributed by atoms with Gasteiger partial charge in [-0.3, -0.25) is 0 Å².